The van der Waals surface area contributed by atoms with Crippen LogP contribution in [-0.2, 0) is 14.6 Å². The van der Waals surface area contributed by atoms with Crippen LogP contribution in [0, 0.1) is 0 Å². The van der Waals surface area contributed by atoms with E-state index in [0.29, 0.717) is 13.0 Å². The fourth-order valence-corrected chi connectivity index (χ4v) is 0.714. The van der Waals surface area contributed by atoms with Crippen molar-refractivity contribution in [1.82, 2.24) is 0 Å². The molecule has 0 unspecified atom stereocenters. The second-order valence-electron chi connectivity index (χ2n) is 2.37. The van der Waals surface area contributed by atoms with Crippen molar-refractivity contribution < 1.29 is 14.6 Å². The van der Waals surface area contributed by atoms with Gasteiger partial charge in [0.25, 0.3) is 0 Å². The van der Waals surface area contributed by atoms with Gasteiger partial charge in [-0.25, -0.2) is 5.11 Å². The first-order chi connectivity index (χ1) is 5.41. The summed E-state index contributed by atoms with van der Waals surface area (Å²) in [6, 6.07) is 0. The first-order valence-electron chi connectivity index (χ1n) is 4.06. The number of ether oxygens (including phenoxy) is 2. The standard InChI is InChI=1S/C8H17O3/c1-10-6-2-3-7-11-8-4-5-9/h2-8H2,1H3. The van der Waals surface area contributed by atoms with Crippen molar-refractivity contribution in [3.05, 3.63) is 0 Å². The Labute approximate surface area is 68.3 Å². The fourth-order valence-electron chi connectivity index (χ4n) is 0.714. The lowest BCUT2D eigenvalue weighted by molar-refractivity contribution is 0.0916. The van der Waals surface area contributed by atoms with Crippen molar-refractivity contribution in [2.75, 3.05) is 33.5 Å². The van der Waals surface area contributed by atoms with Gasteiger partial charge in [0, 0.05) is 26.9 Å². The molecule has 0 atom stereocenters. The molecule has 0 aliphatic rings. The van der Waals surface area contributed by atoms with Gasteiger partial charge in [0.1, 0.15) is 0 Å². The number of methoxy groups -OCH3 is 1. The van der Waals surface area contributed by atoms with Crippen LogP contribution in [0.25, 0.3) is 0 Å². The lowest BCUT2D eigenvalue weighted by Gasteiger charge is -2.01. The lowest BCUT2D eigenvalue weighted by atomic mass is 10.3. The zero-order chi connectivity index (χ0) is 8.36. The first kappa shape index (κ1) is 10.9. The van der Waals surface area contributed by atoms with Crippen LogP contribution in [-0.4, -0.2) is 33.5 Å². The summed E-state index contributed by atoms with van der Waals surface area (Å²) in [4.78, 5) is 0. The van der Waals surface area contributed by atoms with Crippen LogP contribution in [0.1, 0.15) is 19.3 Å². The Hall–Kier alpha value is -0.120. The van der Waals surface area contributed by atoms with Crippen LogP contribution in [0.3, 0.4) is 0 Å². The van der Waals surface area contributed by atoms with Gasteiger partial charge >= 0.3 is 0 Å². The summed E-state index contributed by atoms with van der Waals surface area (Å²) in [5.41, 5.74) is 0. The molecular formula is C8H17O3. The molecule has 0 aromatic rings. The number of rotatable bonds is 8. The molecular weight excluding hydrogens is 144 g/mol. The molecule has 0 heterocycles. The van der Waals surface area contributed by atoms with Gasteiger partial charge in [-0.1, -0.05) is 0 Å². The van der Waals surface area contributed by atoms with Crippen molar-refractivity contribution in [1.29, 1.82) is 0 Å². The molecule has 11 heavy (non-hydrogen) atoms. The summed E-state index contributed by atoms with van der Waals surface area (Å²) in [6.45, 7) is 2.13. The van der Waals surface area contributed by atoms with E-state index in [1.807, 2.05) is 0 Å². The topological polar surface area (TPSA) is 38.4 Å². The molecule has 0 saturated carbocycles. The maximum atomic E-state index is 9.97. The van der Waals surface area contributed by atoms with E-state index in [-0.39, 0.29) is 6.61 Å². The Kier molecular flexibility index (Phi) is 9.77. The zero-order valence-electron chi connectivity index (χ0n) is 7.17. The summed E-state index contributed by atoms with van der Waals surface area (Å²) in [6.07, 6.45) is 2.69. The number of hydrogen-bond acceptors (Lipinski definition) is 2. The number of unbranched alkanes of at least 4 members (excludes halogenated alkanes) is 1. The second-order valence-corrected chi connectivity index (χ2v) is 2.37. The molecule has 0 rings (SSSR count). The number of hydrogen-bond donors (Lipinski definition) is 0. The molecule has 0 N–H and O–H groups in total. The summed E-state index contributed by atoms with van der Waals surface area (Å²) in [5, 5.41) is 9.97. The lowest BCUT2D eigenvalue weighted by Crippen LogP contribution is -1.99. The van der Waals surface area contributed by atoms with Gasteiger partial charge in [0.05, 0.1) is 6.61 Å². The van der Waals surface area contributed by atoms with Crippen molar-refractivity contribution in [3.8, 4) is 0 Å². The first-order valence-corrected chi connectivity index (χ1v) is 4.06. The molecule has 0 fully saturated rings. The van der Waals surface area contributed by atoms with Crippen molar-refractivity contribution in [2.24, 2.45) is 0 Å². The average molecular weight is 161 g/mol. The molecule has 0 bridgehead atoms. The van der Waals surface area contributed by atoms with E-state index >= 15 is 0 Å². The zero-order valence-corrected chi connectivity index (χ0v) is 7.17. The summed E-state index contributed by atoms with van der Waals surface area (Å²) in [5.74, 6) is 0. The van der Waals surface area contributed by atoms with Crippen LogP contribution in [0.15, 0.2) is 0 Å². The minimum atomic E-state index is -0.0297. The third-order valence-corrected chi connectivity index (χ3v) is 1.32. The van der Waals surface area contributed by atoms with Gasteiger partial charge < -0.3 is 9.47 Å². The maximum absolute atomic E-state index is 9.97. The van der Waals surface area contributed by atoms with E-state index in [1.165, 1.54) is 0 Å². The van der Waals surface area contributed by atoms with E-state index in [2.05, 4.69) is 0 Å². The van der Waals surface area contributed by atoms with Crippen molar-refractivity contribution in [2.45, 2.75) is 19.3 Å². The molecule has 1 radical (unpaired) electrons. The van der Waals surface area contributed by atoms with Crippen molar-refractivity contribution >= 4 is 0 Å². The molecule has 0 saturated heterocycles. The fraction of sp³-hybridized carbons (Fsp3) is 1.00. The summed E-state index contributed by atoms with van der Waals surface area (Å²) < 4.78 is 10.0. The molecule has 0 aromatic carbocycles. The predicted molar refractivity (Wildman–Crippen MR) is 42.1 cm³/mol. The molecule has 0 aromatic heterocycles. The molecule has 0 aliphatic carbocycles. The average Bonchev–Trinajstić information content (AvgIpc) is 2.03. The van der Waals surface area contributed by atoms with Gasteiger partial charge in [-0.15, -0.1) is 0 Å². The monoisotopic (exact) mass is 161 g/mol. The quantitative estimate of drug-likeness (QED) is 0.502. The Morgan fingerprint density at radius 3 is 2.27 bits per heavy atom. The van der Waals surface area contributed by atoms with E-state index in [1.54, 1.807) is 7.11 Å². The van der Waals surface area contributed by atoms with Gasteiger partial charge in [-0.2, -0.15) is 0 Å². The normalized spacial score (nSPS) is 10.4. The largest absolute Gasteiger partial charge is 0.385 e. The van der Waals surface area contributed by atoms with Gasteiger partial charge in [-0.05, 0) is 19.3 Å². The smallest absolute Gasteiger partial charge is 0.0844 e. The third kappa shape index (κ3) is 9.88. The maximum Gasteiger partial charge on any atom is 0.0844 e. The minimum absolute atomic E-state index is 0.0297. The highest BCUT2D eigenvalue weighted by atomic mass is 16.5. The molecule has 3 heteroatoms. The SMILES string of the molecule is COCCCCOCCC[O]. The summed E-state index contributed by atoms with van der Waals surface area (Å²) >= 11 is 0. The van der Waals surface area contributed by atoms with Gasteiger partial charge in [0.2, 0.25) is 0 Å². The molecule has 3 nitrogen and oxygen atoms in total. The van der Waals surface area contributed by atoms with E-state index in [4.69, 9.17) is 9.47 Å². The third-order valence-electron chi connectivity index (χ3n) is 1.32. The van der Waals surface area contributed by atoms with Crippen LogP contribution in [0.5, 0.6) is 0 Å². The van der Waals surface area contributed by atoms with Gasteiger partial charge in [-0.3, -0.25) is 0 Å². The van der Waals surface area contributed by atoms with E-state index in [9.17, 15) is 5.11 Å². The highest BCUT2D eigenvalue weighted by Crippen LogP contribution is 1.91. The molecule has 67 valence electrons. The van der Waals surface area contributed by atoms with Crippen LogP contribution >= 0.6 is 0 Å². The van der Waals surface area contributed by atoms with E-state index in [0.717, 1.165) is 26.1 Å². The van der Waals surface area contributed by atoms with Crippen molar-refractivity contribution in [3.63, 3.8) is 0 Å². The second kappa shape index (κ2) is 9.88. The Balaban J connectivity index is 2.69. The Bertz CT molecular complexity index is 58.4. The van der Waals surface area contributed by atoms with Crippen LogP contribution < -0.4 is 0 Å². The highest BCUT2D eigenvalue weighted by Gasteiger charge is 1.89. The highest BCUT2D eigenvalue weighted by molar-refractivity contribution is 4.37. The summed E-state index contributed by atoms with van der Waals surface area (Å²) in [7, 11) is 1.69. The predicted octanol–water partition coefficient (Wildman–Crippen LogP) is 1.25. The van der Waals surface area contributed by atoms with Crippen LogP contribution in [0.2, 0.25) is 0 Å². The Morgan fingerprint density at radius 2 is 1.64 bits per heavy atom. The molecule has 0 aliphatic heterocycles. The van der Waals surface area contributed by atoms with E-state index < -0.39 is 0 Å². The minimum Gasteiger partial charge on any atom is -0.385 e. The van der Waals surface area contributed by atoms with Gasteiger partial charge in [0.15, 0.2) is 0 Å². The molecule has 0 spiro atoms. The molecule has 0 amide bonds. The van der Waals surface area contributed by atoms with Crippen LogP contribution in [0.4, 0.5) is 0 Å². The Morgan fingerprint density at radius 1 is 1.00 bits per heavy atom.